The normalized spacial score (nSPS) is 26.3. The van der Waals surface area contributed by atoms with Crippen molar-refractivity contribution in [2.45, 2.75) is 12.0 Å². The molecule has 2 atom stereocenters. The predicted octanol–water partition coefficient (Wildman–Crippen LogP) is 1.02. The largest absolute Gasteiger partial charge is 0.310 e. The van der Waals surface area contributed by atoms with Crippen LogP contribution in [0, 0.1) is 10.1 Å². The summed E-state index contributed by atoms with van der Waals surface area (Å²) in [6.07, 6.45) is 0. The van der Waals surface area contributed by atoms with Crippen molar-refractivity contribution in [1.82, 2.24) is 5.32 Å². The summed E-state index contributed by atoms with van der Waals surface area (Å²) in [5.74, 6) is 0.0196. The molecule has 1 aliphatic rings. The van der Waals surface area contributed by atoms with E-state index in [1.807, 2.05) is 30.3 Å². The third-order valence-corrected chi connectivity index (χ3v) is 2.68. The monoisotopic (exact) mass is 192 g/mol. The Morgan fingerprint density at radius 1 is 1.29 bits per heavy atom. The van der Waals surface area contributed by atoms with Gasteiger partial charge in [0.25, 0.3) is 0 Å². The average Bonchev–Trinajstić information content (AvgIpc) is 2.67. The van der Waals surface area contributed by atoms with Crippen LogP contribution in [0.5, 0.6) is 0 Å². The van der Waals surface area contributed by atoms with Crippen molar-refractivity contribution >= 4 is 0 Å². The molecule has 2 unspecified atom stereocenters. The summed E-state index contributed by atoms with van der Waals surface area (Å²) in [7, 11) is 0. The van der Waals surface area contributed by atoms with E-state index in [-0.39, 0.29) is 10.8 Å². The first-order valence-electron chi connectivity index (χ1n) is 4.68. The van der Waals surface area contributed by atoms with Gasteiger partial charge in [-0.2, -0.15) is 0 Å². The molecule has 0 spiro atoms. The lowest BCUT2D eigenvalue weighted by atomic mass is 9.95. The smallest absolute Gasteiger partial charge is 0.233 e. The van der Waals surface area contributed by atoms with Gasteiger partial charge in [0.2, 0.25) is 6.04 Å². The van der Waals surface area contributed by atoms with Crippen LogP contribution in [0.3, 0.4) is 0 Å². The Morgan fingerprint density at radius 3 is 2.64 bits per heavy atom. The molecule has 4 nitrogen and oxygen atoms in total. The van der Waals surface area contributed by atoms with E-state index in [9.17, 15) is 10.1 Å². The molecule has 0 saturated carbocycles. The van der Waals surface area contributed by atoms with E-state index in [0.717, 1.165) is 5.56 Å². The van der Waals surface area contributed by atoms with Gasteiger partial charge >= 0.3 is 0 Å². The molecule has 1 N–H and O–H groups in total. The number of nitrogens with one attached hydrogen (secondary N) is 1. The zero-order chi connectivity index (χ0) is 9.97. The van der Waals surface area contributed by atoms with Gasteiger partial charge in [-0.05, 0) is 5.56 Å². The van der Waals surface area contributed by atoms with Crippen molar-refractivity contribution < 1.29 is 4.92 Å². The van der Waals surface area contributed by atoms with Crippen molar-refractivity contribution in [2.75, 3.05) is 13.1 Å². The molecule has 4 heteroatoms. The minimum absolute atomic E-state index is 0.0196. The number of hydrogen-bond donors (Lipinski definition) is 1. The van der Waals surface area contributed by atoms with Crippen LogP contribution >= 0.6 is 0 Å². The molecule has 1 aromatic rings. The van der Waals surface area contributed by atoms with Crippen LogP contribution in [0.25, 0.3) is 0 Å². The maximum Gasteiger partial charge on any atom is 0.233 e. The number of rotatable bonds is 2. The zero-order valence-corrected chi connectivity index (χ0v) is 7.72. The van der Waals surface area contributed by atoms with E-state index in [4.69, 9.17) is 0 Å². The van der Waals surface area contributed by atoms with Crippen molar-refractivity contribution in [1.29, 1.82) is 0 Å². The number of nitrogens with zero attached hydrogens (tertiary/aromatic N) is 1. The topological polar surface area (TPSA) is 55.2 Å². The van der Waals surface area contributed by atoms with Crippen LogP contribution in [0.15, 0.2) is 30.3 Å². The van der Waals surface area contributed by atoms with E-state index in [0.29, 0.717) is 13.1 Å². The molecule has 1 heterocycles. The molecule has 1 aromatic carbocycles. The Labute approximate surface area is 82.1 Å². The lowest BCUT2D eigenvalue weighted by Crippen LogP contribution is -2.26. The molecule has 14 heavy (non-hydrogen) atoms. The molecule has 1 fully saturated rings. The second-order valence-corrected chi connectivity index (χ2v) is 3.53. The molecule has 1 saturated heterocycles. The molecule has 0 bridgehead atoms. The molecule has 0 radical (unpaired) electrons. The van der Waals surface area contributed by atoms with Crippen LogP contribution in [0.4, 0.5) is 0 Å². The molecule has 2 rings (SSSR count). The fourth-order valence-corrected chi connectivity index (χ4v) is 1.93. The fraction of sp³-hybridized carbons (Fsp3) is 0.400. The minimum Gasteiger partial charge on any atom is -0.310 e. The van der Waals surface area contributed by atoms with Gasteiger partial charge in [0.15, 0.2) is 0 Å². The molecular formula is C10H12N2O2. The van der Waals surface area contributed by atoms with E-state index >= 15 is 0 Å². The summed E-state index contributed by atoms with van der Waals surface area (Å²) in [6, 6.07) is 9.20. The maximum atomic E-state index is 10.8. The van der Waals surface area contributed by atoms with Gasteiger partial charge in [-0.25, -0.2) is 0 Å². The van der Waals surface area contributed by atoms with E-state index in [1.165, 1.54) is 0 Å². The van der Waals surface area contributed by atoms with Crippen LogP contribution in [-0.4, -0.2) is 24.1 Å². The Bertz CT molecular complexity index is 326. The second kappa shape index (κ2) is 3.75. The van der Waals surface area contributed by atoms with Crippen molar-refractivity contribution in [3.05, 3.63) is 46.0 Å². The van der Waals surface area contributed by atoms with Crippen molar-refractivity contribution in [2.24, 2.45) is 0 Å². The molecule has 0 aliphatic carbocycles. The lowest BCUT2D eigenvalue weighted by molar-refractivity contribution is -0.520. The summed E-state index contributed by atoms with van der Waals surface area (Å²) in [5, 5.41) is 13.8. The highest BCUT2D eigenvalue weighted by atomic mass is 16.6. The lowest BCUT2D eigenvalue weighted by Gasteiger charge is -2.11. The molecular weight excluding hydrogens is 180 g/mol. The first-order valence-corrected chi connectivity index (χ1v) is 4.68. The van der Waals surface area contributed by atoms with Crippen molar-refractivity contribution in [3.8, 4) is 0 Å². The van der Waals surface area contributed by atoms with E-state index < -0.39 is 6.04 Å². The maximum absolute atomic E-state index is 10.8. The van der Waals surface area contributed by atoms with Gasteiger partial charge in [-0.15, -0.1) is 0 Å². The first-order chi connectivity index (χ1) is 6.79. The molecule has 1 aliphatic heterocycles. The minimum atomic E-state index is -0.475. The Morgan fingerprint density at radius 2 is 2.00 bits per heavy atom. The fourth-order valence-electron chi connectivity index (χ4n) is 1.93. The summed E-state index contributed by atoms with van der Waals surface area (Å²) in [5.41, 5.74) is 1.05. The Balaban J connectivity index is 2.22. The van der Waals surface area contributed by atoms with Crippen LogP contribution in [0.1, 0.15) is 11.5 Å². The third-order valence-electron chi connectivity index (χ3n) is 2.68. The van der Waals surface area contributed by atoms with Gasteiger partial charge in [-0.1, -0.05) is 30.3 Å². The quantitative estimate of drug-likeness (QED) is 0.562. The number of benzene rings is 1. The summed E-state index contributed by atoms with van der Waals surface area (Å²) < 4.78 is 0. The SMILES string of the molecule is O=[N+]([O-])C1CNCC1c1ccccc1. The van der Waals surface area contributed by atoms with E-state index in [1.54, 1.807) is 0 Å². The summed E-state index contributed by atoms with van der Waals surface area (Å²) in [6.45, 7) is 1.18. The van der Waals surface area contributed by atoms with Gasteiger partial charge in [0.05, 0.1) is 12.5 Å². The highest BCUT2D eigenvalue weighted by Gasteiger charge is 2.36. The second-order valence-electron chi connectivity index (χ2n) is 3.53. The van der Waals surface area contributed by atoms with Gasteiger partial charge in [-0.3, -0.25) is 10.1 Å². The Kier molecular flexibility index (Phi) is 2.45. The average molecular weight is 192 g/mol. The molecule has 0 aromatic heterocycles. The highest BCUT2D eigenvalue weighted by Crippen LogP contribution is 2.24. The zero-order valence-electron chi connectivity index (χ0n) is 7.72. The van der Waals surface area contributed by atoms with Crippen LogP contribution in [0.2, 0.25) is 0 Å². The van der Waals surface area contributed by atoms with E-state index in [2.05, 4.69) is 5.32 Å². The standard InChI is InChI=1S/C10H12N2O2/c13-12(14)10-7-11-6-9(10)8-4-2-1-3-5-8/h1-5,9-11H,6-7H2. The Hall–Kier alpha value is -1.42. The highest BCUT2D eigenvalue weighted by molar-refractivity contribution is 5.22. The predicted molar refractivity (Wildman–Crippen MR) is 52.8 cm³/mol. The first kappa shape index (κ1) is 9.15. The summed E-state index contributed by atoms with van der Waals surface area (Å²) in [4.78, 5) is 10.6. The van der Waals surface area contributed by atoms with Crippen molar-refractivity contribution in [3.63, 3.8) is 0 Å². The van der Waals surface area contributed by atoms with Gasteiger partial charge in [0.1, 0.15) is 0 Å². The number of hydrogen-bond acceptors (Lipinski definition) is 3. The van der Waals surface area contributed by atoms with Gasteiger partial charge in [0, 0.05) is 11.5 Å². The number of nitro groups is 1. The van der Waals surface area contributed by atoms with Gasteiger partial charge < -0.3 is 5.32 Å². The van der Waals surface area contributed by atoms with Crippen LogP contribution < -0.4 is 5.32 Å². The molecule has 0 amide bonds. The van der Waals surface area contributed by atoms with Crippen LogP contribution in [-0.2, 0) is 0 Å². The summed E-state index contributed by atoms with van der Waals surface area (Å²) >= 11 is 0. The molecule has 74 valence electrons. The third kappa shape index (κ3) is 1.61.